The van der Waals surface area contributed by atoms with Gasteiger partial charge < -0.3 is 0 Å². The van der Waals surface area contributed by atoms with Crippen molar-refractivity contribution in [2.75, 3.05) is 6.26 Å². The predicted octanol–water partition coefficient (Wildman–Crippen LogP) is 3.35. The van der Waals surface area contributed by atoms with Gasteiger partial charge in [-0.05, 0) is 25.3 Å². The van der Waals surface area contributed by atoms with Crippen LogP contribution in [0.25, 0.3) is 17.1 Å². The van der Waals surface area contributed by atoms with Crippen LogP contribution in [0.4, 0.5) is 0 Å². The van der Waals surface area contributed by atoms with E-state index in [9.17, 15) is 4.79 Å². The molecule has 0 saturated heterocycles. The van der Waals surface area contributed by atoms with Crippen LogP contribution < -0.4 is 5.56 Å². The molecule has 8 heteroatoms. The summed E-state index contributed by atoms with van der Waals surface area (Å²) in [4.78, 5) is 13.1. The zero-order valence-corrected chi connectivity index (χ0v) is 17.2. The molecule has 4 aromatic rings. The van der Waals surface area contributed by atoms with E-state index >= 15 is 0 Å². The van der Waals surface area contributed by atoms with Crippen LogP contribution >= 0.6 is 11.8 Å². The van der Waals surface area contributed by atoms with E-state index in [1.807, 2.05) is 85.6 Å². The van der Waals surface area contributed by atoms with Gasteiger partial charge in [0.05, 0.1) is 17.5 Å². The van der Waals surface area contributed by atoms with Crippen LogP contribution in [-0.4, -0.2) is 36.7 Å². The quantitative estimate of drug-likeness (QED) is 0.378. The lowest BCUT2D eigenvalue weighted by Crippen LogP contribution is -2.20. The first-order valence-corrected chi connectivity index (χ1v) is 10.3. The lowest BCUT2D eigenvalue weighted by Gasteiger charge is -2.07. The minimum absolute atomic E-state index is 0.125. The Hall–Kier alpha value is -3.39. The molecule has 0 N–H and O–H groups in total. The first kappa shape index (κ1) is 18.9. The Morgan fingerprint density at radius 3 is 2.31 bits per heavy atom. The number of hydrogen-bond donors (Lipinski definition) is 0. The third-order valence-corrected chi connectivity index (χ3v) is 5.35. The summed E-state index contributed by atoms with van der Waals surface area (Å²) in [6, 6.07) is 19.3. The smallest absolute Gasteiger partial charge is 0.280 e. The summed E-state index contributed by atoms with van der Waals surface area (Å²) in [5, 5.41) is 13.7. The van der Waals surface area contributed by atoms with E-state index < -0.39 is 0 Å². The van der Waals surface area contributed by atoms with Crippen LogP contribution in [0.15, 0.2) is 75.7 Å². The van der Waals surface area contributed by atoms with Crippen molar-refractivity contribution in [3.05, 3.63) is 82.3 Å². The summed E-state index contributed by atoms with van der Waals surface area (Å²) in [7, 11) is 1.86. The minimum atomic E-state index is -0.125. The molecule has 2 aromatic heterocycles. The van der Waals surface area contributed by atoms with Crippen molar-refractivity contribution in [3.63, 3.8) is 0 Å². The molecule has 0 aliphatic carbocycles. The monoisotopic (exact) mass is 404 g/mol. The van der Waals surface area contributed by atoms with Gasteiger partial charge in [-0.15, -0.1) is 10.2 Å². The highest BCUT2D eigenvalue weighted by Gasteiger charge is 2.16. The second-order valence-corrected chi connectivity index (χ2v) is 7.18. The van der Waals surface area contributed by atoms with E-state index in [0.717, 1.165) is 16.9 Å². The van der Waals surface area contributed by atoms with E-state index in [1.54, 1.807) is 15.6 Å². The van der Waals surface area contributed by atoms with Crippen LogP contribution in [0.5, 0.6) is 0 Å². The second-order valence-electron chi connectivity index (χ2n) is 6.41. The van der Waals surface area contributed by atoms with E-state index in [-0.39, 0.29) is 5.56 Å². The second kappa shape index (κ2) is 7.92. The van der Waals surface area contributed by atoms with Crippen LogP contribution in [0.2, 0.25) is 0 Å². The maximum absolute atomic E-state index is 13.1. The maximum atomic E-state index is 13.1. The fraction of sp³-hybridized carbons (Fsp3) is 0.143. The Balaban J connectivity index is 1.80. The molecule has 29 heavy (non-hydrogen) atoms. The summed E-state index contributed by atoms with van der Waals surface area (Å²) in [5.41, 5.74) is 2.93. The Bertz CT molecular complexity index is 1220. The first-order chi connectivity index (χ1) is 14.1. The summed E-state index contributed by atoms with van der Waals surface area (Å²) >= 11 is 1.45. The molecule has 0 saturated carbocycles. The summed E-state index contributed by atoms with van der Waals surface area (Å²) < 4.78 is 5.13. The molecular formula is C21H20N6OS. The molecule has 7 nitrogen and oxygen atoms in total. The molecule has 0 unspecified atom stereocenters. The third-order valence-electron chi connectivity index (χ3n) is 4.73. The van der Waals surface area contributed by atoms with Gasteiger partial charge in [0.25, 0.3) is 5.56 Å². The highest BCUT2D eigenvalue weighted by atomic mass is 32.2. The van der Waals surface area contributed by atoms with Gasteiger partial charge in [0.15, 0.2) is 5.82 Å². The summed E-state index contributed by atoms with van der Waals surface area (Å²) in [5.74, 6) is 0.628. The first-order valence-electron chi connectivity index (χ1n) is 9.05. The zero-order valence-electron chi connectivity index (χ0n) is 16.4. The lowest BCUT2D eigenvalue weighted by molar-refractivity contribution is 0.630. The summed E-state index contributed by atoms with van der Waals surface area (Å²) in [6.45, 7) is 1.90. The molecule has 0 atom stereocenters. The fourth-order valence-electron chi connectivity index (χ4n) is 3.12. The molecular weight excluding hydrogens is 384 g/mol. The van der Waals surface area contributed by atoms with Gasteiger partial charge in [0.1, 0.15) is 0 Å². The van der Waals surface area contributed by atoms with Gasteiger partial charge in [-0.3, -0.25) is 9.48 Å². The molecule has 2 aromatic carbocycles. The Morgan fingerprint density at radius 2 is 1.66 bits per heavy atom. The molecule has 0 radical (unpaired) electrons. The predicted molar refractivity (Wildman–Crippen MR) is 116 cm³/mol. The number of rotatable bonds is 5. The average Bonchev–Trinajstić information content (AvgIpc) is 3.26. The number of nitrogens with zero attached hydrogens (tertiary/aromatic N) is 6. The summed E-state index contributed by atoms with van der Waals surface area (Å²) in [6.07, 6.45) is 3.51. The van der Waals surface area contributed by atoms with Crippen molar-refractivity contribution in [1.82, 2.24) is 24.2 Å². The molecule has 0 spiro atoms. The number of thioether (sulfide) groups is 1. The van der Waals surface area contributed by atoms with Gasteiger partial charge in [0, 0.05) is 18.3 Å². The van der Waals surface area contributed by atoms with Crippen molar-refractivity contribution in [2.24, 2.45) is 12.1 Å². The maximum Gasteiger partial charge on any atom is 0.280 e. The van der Waals surface area contributed by atoms with Crippen molar-refractivity contribution in [3.8, 4) is 17.1 Å². The SMILES string of the molecule is CSc1nnc(-c2ccccc2)n1/N=C\c1c(C)n(C)n(-c2ccccc2)c1=O. The highest BCUT2D eigenvalue weighted by Crippen LogP contribution is 2.22. The average molecular weight is 404 g/mol. The van der Waals surface area contributed by atoms with Crippen molar-refractivity contribution < 1.29 is 0 Å². The Labute approximate surface area is 172 Å². The molecule has 4 rings (SSSR count). The largest absolute Gasteiger partial charge is 0.285 e. The standard InChI is InChI=1S/C21H20N6OS/c1-15-18(20(28)27(25(15)2)17-12-8-5-9-13-17)14-22-26-19(23-24-21(26)29-3)16-10-6-4-7-11-16/h4-14H,1-3H3/b22-14-. The van der Waals surface area contributed by atoms with Gasteiger partial charge in [0.2, 0.25) is 5.16 Å². The van der Waals surface area contributed by atoms with Gasteiger partial charge in [-0.25, -0.2) is 4.68 Å². The third kappa shape index (κ3) is 3.42. The molecule has 0 fully saturated rings. The molecule has 0 aliphatic rings. The molecule has 0 amide bonds. The minimum Gasteiger partial charge on any atom is -0.285 e. The number of aromatic nitrogens is 5. The normalized spacial score (nSPS) is 11.4. The van der Waals surface area contributed by atoms with Gasteiger partial charge >= 0.3 is 0 Å². The highest BCUT2D eigenvalue weighted by molar-refractivity contribution is 7.98. The van der Waals surface area contributed by atoms with Gasteiger partial charge in [-0.1, -0.05) is 60.3 Å². The van der Waals surface area contributed by atoms with E-state index in [1.165, 1.54) is 11.8 Å². The molecule has 2 heterocycles. The lowest BCUT2D eigenvalue weighted by atomic mass is 10.2. The number of para-hydroxylation sites is 1. The number of benzene rings is 2. The zero-order chi connectivity index (χ0) is 20.4. The van der Waals surface area contributed by atoms with Crippen LogP contribution in [0.3, 0.4) is 0 Å². The fourth-order valence-corrected chi connectivity index (χ4v) is 3.55. The van der Waals surface area contributed by atoms with E-state index in [2.05, 4.69) is 15.3 Å². The van der Waals surface area contributed by atoms with Crippen LogP contribution in [0.1, 0.15) is 11.3 Å². The topological polar surface area (TPSA) is 70.0 Å². The molecule has 146 valence electrons. The van der Waals surface area contributed by atoms with Gasteiger partial charge in [-0.2, -0.15) is 9.78 Å². The number of hydrogen-bond acceptors (Lipinski definition) is 5. The van der Waals surface area contributed by atoms with Crippen molar-refractivity contribution in [2.45, 2.75) is 12.1 Å². The van der Waals surface area contributed by atoms with Crippen molar-refractivity contribution >= 4 is 18.0 Å². The van der Waals surface area contributed by atoms with Crippen molar-refractivity contribution in [1.29, 1.82) is 0 Å². The molecule has 0 aliphatic heterocycles. The van der Waals surface area contributed by atoms with E-state index in [0.29, 0.717) is 16.5 Å². The van der Waals surface area contributed by atoms with E-state index in [4.69, 9.17) is 0 Å². The Morgan fingerprint density at radius 1 is 1.00 bits per heavy atom. The van der Waals surface area contributed by atoms with Crippen LogP contribution in [-0.2, 0) is 7.05 Å². The van der Waals surface area contributed by atoms with Crippen LogP contribution in [0, 0.1) is 6.92 Å². The Kier molecular flexibility index (Phi) is 5.18. The molecule has 0 bridgehead atoms.